The average molecular weight is 338 g/mol. The first-order valence-corrected chi connectivity index (χ1v) is 8.28. The van der Waals surface area contributed by atoms with E-state index in [1.54, 1.807) is 26.4 Å². The number of anilines is 1. The smallest absolute Gasteiger partial charge is 0.323 e. The lowest BCUT2D eigenvalue weighted by Crippen LogP contribution is -2.33. The number of ether oxygens (including phenoxy) is 2. The van der Waals surface area contributed by atoms with Crippen molar-refractivity contribution in [2.24, 2.45) is 0 Å². The molecule has 1 aromatic heterocycles. The van der Waals surface area contributed by atoms with Gasteiger partial charge in [-0.15, -0.1) is 0 Å². The summed E-state index contributed by atoms with van der Waals surface area (Å²) < 4.78 is 11.3. The van der Waals surface area contributed by atoms with E-state index < -0.39 is 0 Å². The molecule has 134 valence electrons. The minimum absolute atomic E-state index is 0.0430. The van der Waals surface area contributed by atoms with Gasteiger partial charge in [0.1, 0.15) is 6.10 Å². The fourth-order valence-electron chi connectivity index (χ4n) is 2.66. The molecule has 1 aliphatic rings. The van der Waals surface area contributed by atoms with E-state index in [4.69, 9.17) is 14.6 Å². The lowest BCUT2D eigenvalue weighted by molar-refractivity contribution is 0.0195. The molecule has 1 aromatic rings. The monoisotopic (exact) mass is 338 g/mol. The summed E-state index contributed by atoms with van der Waals surface area (Å²) in [4.78, 5) is 21.7. The van der Waals surface area contributed by atoms with E-state index in [1.165, 1.54) is 4.90 Å². The molecule has 0 bridgehead atoms. The van der Waals surface area contributed by atoms with Crippen molar-refractivity contribution >= 4 is 12.0 Å². The Morgan fingerprint density at radius 1 is 1.46 bits per heavy atom. The molecule has 2 amide bonds. The molecule has 2 N–H and O–H groups in total. The van der Waals surface area contributed by atoms with Gasteiger partial charge >= 0.3 is 6.03 Å². The Hall–Kier alpha value is -1.93. The highest BCUT2D eigenvalue weighted by Gasteiger charge is 2.23. The lowest BCUT2D eigenvalue weighted by Gasteiger charge is -2.28. The largest absolute Gasteiger partial charge is 0.474 e. The summed E-state index contributed by atoms with van der Waals surface area (Å²) in [6.45, 7) is 0.500. The van der Waals surface area contributed by atoms with Crippen LogP contribution in [0.5, 0.6) is 5.88 Å². The van der Waals surface area contributed by atoms with E-state index in [0.717, 1.165) is 25.7 Å². The molecule has 1 heterocycles. The van der Waals surface area contributed by atoms with Crippen molar-refractivity contribution in [3.8, 4) is 5.88 Å². The normalized spacial score (nSPS) is 20.5. The van der Waals surface area contributed by atoms with Crippen LogP contribution in [0.3, 0.4) is 0 Å². The molecule has 1 fully saturated rings. The van der Waals surface area contributed by atoms with E-state index in [-0.39, 0.29) is 30.8 Å². The van der Waals surface area contributed by atoms with Gasteiger partial charge in [0, 0.05) is 46.0 Å². The van der Waals surface area contributed by atoms with Crippen LogP contribution in [-0.4, -0.2) is 65.5 Å². The predicted octanol–water partition coefficient (Wildman–Crippen LogP) is 1.66. The summed E-state index contributed by atoms with van der Waals surface area (Å²) in [5, 5.41) is 11.4. The van der Waals surface area contributed by atoms with Crippen LogP contribution in [0.4, 0.5) is 10.7 Å². The number of hydrogen-bond acceptors (Lipinski definition) is 6. The number of hydrogen-bond donors (Lipinski definition) is 2. The summed E-state index contributed by atoms with van der Waals surface area (Å²) in [7, 11) is 3.37. The molecule has 0 aromatic carbocycles. The second-order valence-corrected chi connectivity index (χ2v) is 5.91. The minimum atomic E-state index is -0.322. The van der Waals surface area contributed by atoms with E-state index in [0.29, 0.717) is 18.8 Å². The van der Waals surface area contributed by atoms with Gasteiger partial charge in [0.2, 0.25) is 11.8 Å². The van der Waals surface area contributed by atoms with Gasteiger partial charge in [-0.2, -0.15) is 4.98 Å². The van der Waals surface area contributed by atoms with Crippen LogP contribution in [0, 0.1) is 0 Å². The van der Waals surface area contributed by atoms with Crippen molar-refractivity contribution in [3.05, 3.63) is 12.3 Å². The van der Waals surface area contributed by atoms with Gasteiger partial charge in [0.15, 0.2) is 0 Å². The van der Waals surface area contributed by atoms with Crippen molar-refractivity contribution in [2.45, 2.75) is 44.3 Å². The molecule has 2 rings (SSSR count). The van der Waals surface area contributed by atoms with Crippen molar-refractivity contribution in [2.75, 3.05) is 32.6 Å². The third kappa shape index (κ3) is 5.61. The highest BCUT2D eigenvalue weighted by molar-refractivity contribution is 5.87. The molecule has 0 spiro atoms. The van der Waals surface area contributed by atoms with Crippen LogP contribution < -0.4 is 10.1 Å². The Morgan fingerprint density at radius 2 is 2.25 bits per heavy atom. The maximum Gasteiger partial charge on any atom is 0.323 e. The van der Waals surface area contributed by atoms with Crippen molar-refractivity contribution in [1.29, 1.82) is 0 Å². The standard InChI is InChI=1S/C16H26N4O4/c1-20(9-4-10-21)16(22)19-15-17-8-7-14(18-15)24-13-6-3-5-12(11-13)23-2/h7-8,12-13,21H,3-6,9-11H2,1-2H3,(H,17,18,19,22). The number of urea groups is 1. The number of carbonyl (C=O) groups excluding carboxylic acids is 1. The van der Waals surface area contributed by atoms with Crippen LogP contribution in [0.1, 0.15) is 32.1 Å². The number of aromatic nitrogens is 2. The topological polar surface area (TPSA) is 96.8 Å². The average Bonchev–Trinajstić information content (AvgIpc) is 2.60. The second kappa shape index (κ2) is 9.39. The van der Waals surface area contributed by atoms with Crippen LogP contribution in [0.2, 0.25) is 0 Å². The molecule has 1 saturated carbocycles. The van der Waals surface area contributed by atoms with Gasteiger partial charge in [0.05, 0.1) is 6.10 Å². The molecule has 24 heavy (non-hydrogen) atoms. The fraction of sp³-hybridized carbons (Fsp3) is 0.688. The van der Waals surface area contributed by atoms with Crippen molar-refractivity contribution in [3.63, 3.8) is 0 Å². The third-order valence-electron chi connectivity index (χ3n) is 4.05. The highest BCUT2D eigenvalue weighted by atomic mass is 16.5. The summed E-state index contributed by atoms with van der Waals surface area (Å²) in [6.07, 6.45) is 6.30. The Kier molecular flexibility index (Phi) is 7.20. The zero-order chi connectivity index (χ0) is 17.4. The number of methoxy groups -OCH3 is 1. The number of aliphatic hydroxyl groups excluding tert-OH is 1. The van der Waals surface area contributed by atoms with Crippen molar-refractivity contribution in [1.82, 2.24) is 14.9 Å². The summed E-state index contributed by atoms with van der Waals surface area (Å²) in [5.41, 5.74) is 0. The number of nitrogens with zero attached hydrogens (tertiary/aromatic N) is 3. The molecule has 2 atom stereocenters. The molecule has 0 radical (unpaired) electrons. The van der Waals surface area contributed by atoms with Crippen LogP contribution in [0.15, 0.2) is 12.3 Å². The van der Waals surface area contributed by atoms with Crippen molar-refractivity contribution < 1.29 is 19.4 Å². The lowest BCUT2D eigenvalue weighted by atomic mass is 9.95. The van der Waals surface area contributed by atoms with Gasteiger partial charge in [-0.3, -0.25) is 5.32 Å². The molecule has 8 heteroatoms. The zero-order valence-electron chi connectivity index (χ0n) is 14.3. The van der Waals surface area contributed by atoms with Gasteiger partial charge in [-0.25, -0.2) is 9.78 Å². The highest BCUT2D eigenvalue weighted by Crippen LogP contribution is 2.24. The number of rotatable bonds is 7. The maximum absolute atomic E-state index is 12.0. The van der Waals surface area contributed by atoms with E-state index >= 15 is 0 Å². The quantitative estimate of drug-likeness (QED) is 0.785. The summed E-state index contributed by atoms with van der Waals surface area (Å²) in [5.74, 6) is 0.646. The molecule has 1 aliphatic carbocycles. The second-order valence-electron chi connectivity index (χ2n) is 5.91. The Bertz CT molecular complexity index is 529. The van der Waals surface area contributed by atoms with Crippen LogP contribution in [0.25, 0.3) is 0 Å². The van der Waals surface area contributed by atoms with Gasteiger partial charge in [-0.1, -0.05) is 0 Å². The first kappa shape index (κ1) is 18.4. The third-order valence-corrected chi connectivity index (χ3v) is 4.05. The SMILES string of the molecule is COC1CCCC(Oc2ccnc(NC(=O)N(C)CCCO)n2)C1. The van der Waals surface area contributed by atoms with Crippen LogP contribution >= 0.6 is 0 Å². The minimum Gasteiger partial charge on any atom is -0.474 e. The summed E-state index contributed by atoms with van der Waals surface area (Å²) >= 11 is 0. The zero-order valence-corrected chi connectivity index (χ0v) is 14.3. The molecule has 0 aliphatic heterocycles. The predicted molar refractivity (Wildman–Crippen MR) is 89.1 cm³/mol. The number of aliphatic hydroxyl groups is 1. The van der Waals surface area contributed by atoms with Crippen LogP contribution in [-0.2, 0) is 4.74 Å². The Balaban J connectivity index is 1.90. The summed E-state index contributed by atoms with van der Waals surface area (Å²) in [6, 6.07) is 1.36. The molecular formula is C16H26N4O4. The number of carbonyl (C=O) groups is 1. The molecule has 0 saturated heterocycles. The van der Waals surface area contributed by atoms with Gasteiger partial charge in [-0.05, 0) is 25.7 Å². The van der Waals surface area contributed by atoms with E-state index in [9.17, 15) is 4.79 Å². The first-order valence-electron chi connectivity index (χ1n) is 8.28. The van der Waals surface area contributed by atoms with E-state index in [1.807, 2.05) is 0 Å². The first-order chi connectivity index (χ1) is 11.6. The molecule has 8 nitrogen and oxygen atoms in total. The number of nitrogens with one attached hydrogen (secondary N) is 1. The molecular weight excluding hydrogens is 312 g/mol. The maximum atomic E-state index is 12.0. The fourth-order valence-corrected chi connectivity index (χ4v) is 2.66. The number of amides is 2. The molecule has 2 unspecified atom stereocenters. The van der Waals surface area contributed by atoms with Gasteiger partial charge < -0.3 is 19.5 Å². The van der Waals surface area contributed by atoms with Gasteiger partial charge in [0.25, 0.3) is 0 Å². The Labute approximate surface area is 142 Å². The van der Waals surface area contributed by atoms with E-state index in [2.05, 4.69) is 15.3 Å². The Morgan fingerprint density at radius 3 is 3.00 bits per heavy atom.